The Morgan fingerprint density at radius 2 is 2.10 bits per heavy atom. The number of rotatable bonds is 8. The molecule has 1 aromatic heterocycles. The van der Waals surface area contributed by atoms with Gasteiger partial charge in [0.05, 0.1) is 6.61 Å². The lowest BCUT2D eigenvalue weighted by atomic mass is 10.1. The van der Waals surface area contributed by atoms with E-state index in [0.29, 0.717) is 19.1 Å². The predicted octanol–water partition coefficient (Wildman–Crippen LogP) is 2.84. The molecule has 0 spiro atoms. The molecule has 21 heavy (non-hydrogen) atoms. The second kappa shape index (κ2) is 8.44. The third kappa shape index (κ3) is 5.57. The fourth-order valence-electron chi connectivity index (χ4n) is 1.83. The summed E-state index contributed by atoms with van der Waals surface area (Å²) in [5.41, 5.74) is 1.20. The summed E-state index contributed by atoms with van der Waals surface area (Å²) in [6.07, 6.45) is 2.61. The SMILES string of the molecule is COCCNc1nccc(NCCc2cccc(Cl)c2)n1. The Hall–Kier alpha value is -1.85. The van der Waals surface area contributed by atoms with Crippen molar-refractivity contribution < 1.29 is 4.74 Å². The lowest BCUT2D eigenvalue weighted by Gasteiger charge is -2.08. The Bertz CT molecular complexity index is 565. The molecule has 0 unspecified atom stereocenters. The molecule has 0 bridgehead atoms. The number of hydrogen-bond donors (Lipinski definition) is 2. The molecular weight excluding hydrogens is 288 g/mol. The van der Waals surface area contributed by atoms with Crippen LogP contribution in [0.15, 0.2) is 36.5 Å². The van der Waals surface area contributed by atoms with E-state index in [1.807, 2.05) is 24.3 Å². The number of nitrogens with one attached hydrogen (secondary N) is 2. The van der Waals surface area contributed by atoms with E-state index < -0.39 is 0 Å². The monoisotopic (exact) mass is 306 g/mol. The number of hydrogen-bond acceptors (Lipinski definition) is 5. The summed E-state index contributed by atoms with van der Waals surface area (Å²) in [4.78, 5) is 8.53. The lowest BCUT2D eigenvalue weighted by Crippen LogP contribution is -2.12. The molecule has 0 saturated carbocycles. The van der Waals surface area contributed by atoms with Gasteiger partial charge in [-0.05, 0) is 30.2 Å². The zero-order valence-corrected chi connectivity index (χ0v) is 12.7. The van der Waals surface area contributed by atoms with Crippen molar-refractivity contribution in [1.82, 2.24) is 9.97 Å². The molecule has 1 heterocycles. The first-order chi connectivity index (χ1) is 10.3. The topological polar surface area (TPSA) is 59.1 Å². The van der Waals surface area contributed by atoms with E-state index in [0.717, 1.165) is 23.8 Å². The molecule has 2 N–H and O–H groups in total. The van der Waals surface area contributed by atoms with Gasteiger partial charge in [-0.2, -0.15) is 4.98 Å². The minimum absolute atomic E-state index is 0.597. The molecule has 0 aliphatic heterocycles. The third-order valence-corrected chi connectivity index (χ3v) is 3.09. The van der Waals surface area contributed by atoms with E-state index >= 15 is 0 Å². The van der Waals surface area contributed by atoms with E-state index in [9.17, 15) is 0 Å². The lowest BCUT2D eigenvalue weighted by molar-refractivity contribution is 0.210. The molecule has 0 fully saturated rings. The number of methoxy groups -OCH3 is 1. The second-order valence-electron chi connectivity index (χ2n) is 4.49. The summed E-state index contributed by atoms with van der Waals surface area (Å²) in [7, 11) is 1.66. The molecule has 0 aliphatic carbocycles. The predicted molar refractivity (Wildman–Crippen MR) is 86.0 cm³/mol. The van der Waals surface area contributed by atoms with E-state index in [1.165, 1.54) is 5.56 Å². The number of anilines is 2. The Labute approximate surface area is 129 Å². The highest BCUT2D eigenvalue weighted by atomic mass is 35.5. The maximum atomic E-state index is 5.96. The highest BCUT2D eigenvalue weighted by molar-refractivity contribution is 6.30. The zero-order valence-electron chi connectivity index (χ0n) is 12.0. The highest BCUT2D eigenvalue weighted by Gasteiger charge is 1.99. The number of halogens is 1. The maximum Gasteiger partial charge on any atom is 0.224 e. The van der Waals surface area contributed by atoms with E-state index in [4.69, 9.17) is 16.3 Å². The Morgan fingerprint density at radius 3 is 2.90 bits per heavy atom. The Balaban J connectivity index is 1.81. The summed E-state index contributed by atoms with van der Waals surface area (Å²) in [5.74, 6) is 1.40. The number of ether oxygens (including phenoxy) is 1. The minimum Gasteiger partial charge on any atom is -0.383 e. The van der Waals surface area contributed by atoms with Gasteiger partial charge >= 0.3 is 0 Å². The fourth-order valence-corrected chi connectivity index (χ4v) is 2.05. The summed E-state index contributed by atoms with van der Waals surface area (Å²) in [6.45, 7) is 2.09. The van der Waals surface area contributed by atoms with Gasteiger partial charge in [0, 0.05) is 31.4 Å². The first-order valence-corrected chi connectivity index (χ1v) is 7.20. The molecule has 0 radical (unpaired) electrons. The largest absolute Gasteiger partial charge is 0.383 e. The van der Waals surface area contributed by atoms with Crippen LogP contribution in [0.1, 0.15) is 5.56 Å². The third-order valence-electron chi connectivity index (χ3n) is 2.85. The number of nitrogens with zero attached hydrogens (tertiary/aromatic N) is 2. The summed E-state index contributed by atoms with van der Waals surface area (Å²) in [5, 5.41) is 7.14. The van der Waals surface area contributed by atoms with Crippen LogP contribution in [0.2, 0.25) is 5.02 Å². The molecule has 0 saturated heterocycles. The molecule has 0 atom stereocenters. The first-order valence-electron chi connectivity index (χ1n) is 6.82. The van der Waals surface area contributed by atoms with Crippen LogP contribution < -0.4 is 10.6 Å². The molecule has 0 amide bonds. The molecule has 0 aliphatic rings. The van der Waals surface area contributed by atoms with Crippen molar-refractivity contribution in [2.75, 3.05) is 37.4 Å². The zero-order chi connectivity index (χ0) is 14.9. The fraction of sp³-hybridized carbons (Fsp3) is 0.333. The van der Waals surface area contributed by atoms with E-state index in [-0.39, 0.29) is 0 Å². The van der Waals surface area contributed by atoms with Crippen molar-refractivity contribution in [3.05, 3.63) is 47.1 Å². The molecule has 5 nitrogen and oxygen atoms in total. The van der Waals surface area contributed by atoms with Crippen LogP contribution in [-0.2, 0) is 11.2 Å². The number of benzene rings is 1. The van der Waals surface area contributed by atoms with Gasteiger partial charge in [-0.25, -0.2) is 4.98 Å². The van der Waals surface area contributed by atoms with Gasteiger partial charge in [0.2, 0.25) is 5.95 Å². The van der Waals surface area contributed by atoms with Crippen LogP contribution in [-0.4, -0.2) is 36.8 Å². The van der Waals surface area contributed by atoms with Gasteiger partial charge in [0.25, 0.3) is 0 Å². The average Bonchev–Trinajstić information content (AvgIpc) is 2.48. The molecular formula is C15H19ClN4O. The van der Waals surface area contributed by atoms with Crippen molar-refractivity contribution in [3.63, 3.8) is 0 Å². The van der Waals surface area contributed by atoms with Crippen LogP contribution in [0, 0.1) is 0 Å². The normalized spacial score (nSPS) is 10.4. The molecule has 1 aromatic carbocycles. The molecule has 2 rings (SSSR count). The molecule has 112 valence electrons. The highest BCUT2D eigenvalue weighted by Crippen LogP contribution is 2.11. The van der Waals surface area contributed by atoms with E-state index in [1.54, 1.807) is 13.3 Å². The maximum absolute atomic E-state index is 5.96. The first kappa shape index (κ1) is 15.5. The van der Waals surface area contributed by atoms with Crippen LogP contribution in [0.5, 0.6) is 0 Å². The van der Waals surface area contributed by atoms with Crippen molar-refractivity contribution in [3.8, 4) is 0 Å². The van der Waals surface area contributed by atoms with Crippen LogP contribution in [0.3, 0.4) is 0 Å². The quantitative estimate of drug-likeness (QED) is 0.734. The smallest absolute Gasteiger partial charge is 0.224 e. The Kier molecular flexibility index (Phi) is 6.24. The van der Waals surface area contributed by atoms with Gasteiger partial charge in [-0.3, -0.25) is 0 Å². The summed E-state index contributed by atoms with van der Waals surface area (Å²) >= 11 is 5.96. The van der Waals surface area contributed by atoms with Crippen LogP contribution in [0.25, 0.3) is 0 Å². The summed E-state index contributed by atoms with van der Waals surface area (Å²) < 4.78 is 4.97. The second-order valence-corrected chi connectivity index (χ2v) is 4.93. The standard InChI is InChI=1S/C15H19ClN4O/c1-21-10-9-19-15-18-8-6-14(20-15)17-7-5-12-3-2-4-13(16)11-12/h2-4,6,8,11H,5,7,9-10H2,1H3,(H2,17,18,19,20). The Morgan fingerprint density at radius 1 is 1.19 bits per heavy atom. The molecule has 6 heteroatoms. The van der Waals surface area contributed by atoms with Gasteiger partial charge in [-0.15, -0.1) is 0 Å². The van der Waals surface area contributed by atoms with Gasteiger partial charge in [0.15, 0.2) is 0 Å². The molecule has 2 aromatic rings. The van der Waals surface area contributed by atoms with Crippen molar-refractivity contribution >= 4 is 23.4 Å². The average molecular weight is 307 g/mol. The minimum atomic E-state index is 0.597. The van der Waals surface area contributed by atoms with E-state index in [2.05, 4.69) is 26.7 Å². The summed E-state index contributed by atoms with van der Waals surface area (Å²) in [6, 6.07) is 9.72. The van der Waals surface area contributed by atoms with Crippen molar-refractivity contribution in [2.45, 2.75) is 6.42 Å². The van der Waals surface area contributed by atoms with Crippen LogP contribution in [0.4, 0.5) is 11.8 Å². The number of aromatic nitrogens is 2. The van der Waals surface area contributed by atoms with Crippen molar-refractivity contribution in [2.24, 2.45) is 0 Å². The van der Waals surface area contributed by atoms with Gasteiger partial charge in [0.1, 0.15) is 5.82 Å². The van der Waals surface area contributed by atoms with Crippen molar-refractivity contribution in [1.29, 1.82) is 0 Å². The van der Waals surface area contributed by atoms with Gasteiger partial charge < -0.3 is 15.4 Å². The van der Waals surface area contributed by atoms with Gasteiger partial charge in [-0.1, -0.05) is 23.7 Å². The van der Waals surface area contributed by atoms with Crippen LogP contribution >= 0.6 is 11.6 Å².